The number of carbonyl (C=O) groups excluding carboxylic acids is 1. The number of nitrogens with one attached hydrogen (secondary N) is 2. The summed E-state index contributed by atoms with van der Waals surface area (Å²) in [5, 5.41) is 14.2. The van der Waals surface area contributed by atoms with Crippen molar-refractivity contribution in [3.05, 3.63) is 27.6 Å². The Kier molecular flexibility index (Phi) is 2.59. The molecule has 1 amide bonds. The van der Waals surface area contributed by atoms with E-state index in [-0.39, 0.29) is 5.88 Å². The lowest BCUT2D eigenvalue weighted by Gasteiger charge is -2.23. The minimum Gasteiger partial charge on any atom is -0.406 e. The van der Waals surface area contributed by atoms with Crippen molar-refractivity contribution < 1.29 is 14.3 Å². The van der Waals surface area contributed by atoms with Gasteiger partial charge < -0.3 is 20.2 Å². The van der Waals surface area contributed by atoms with E-state index in [2.05, 4.69) is 10.6 Å². The molecule has 2 heterocycles. The zero-order chi connectivity index (χ0) is 12.7. The third kappa shape index (κ3) is 2.11. The van der Waals surface area contributed by atoms with Gasteiger partial charge in [0.25, 0.3) is 5.91 Å². The van der Waals surface area contributed by atoms with Crippen molar-refractivity contribution in [1.82, 2.24) is 5.32 Å². The van der Waals surface area contributed by atoms with E-state index in [0.717, 1.165) is 12.3 Å². The molecule has 3 rings (SSSR count). The lowest BCUT2D eigenvalue weighted by molar-refractivity contribution is 0.0801. The van der Waals surface area contributed by atoms with E-state index in [9.17, 15) is 14.7 Å². The Balaban J connectivity index is 1.96. The molecule has 96 valence electrons. The Hall–Kier alpha value is -1.82. The largest absolute Gasteiger partial charge is 0.406 e. The van der Waals surface area contributed by atoms with Crippen LogP contribution in [0.3, 0.4) is 0 Å². The highest BCUT2D eigenvalue weighted by Crippen LogP contribution is 2.34. The number of hydrogen-bond acceptors (Lipinski definition) is 5. The number of fused-ring (bicyclic) bond motifs is 1. The maximum Gasteiger partial charge on any atom is 0.337 e. The van der Waals surface area contributed by atoms with Crippen molar-refractivity contribution in [3.8, 4) is 0 Å². The van der Waals surface area contributed by atoms with Crippen LogP contribution >= 0.6 is 0 Å². The first-order valence-corrected chi connectivity index (χ1v) is 6.06. The predicted molar refractivity (Wildman–Crippen MR) is 63.1 cm³/mol. The summed E-state index contributed by atoms with van der Waals surface area (Å²) in [4.78, 5) is 23.2. The van der Waals surface area contributed by atoms with E-state index in [4.69, 9.17) is 4.42 Å². The van der Waals surface area contributed by atoms with Crippen LogP contribution in [0.15, 0.2) is 15.3 Å². The number of carbonyl (C=O) groups is 1. The lowest BCUT2D eigenvalue weighted by atomic mass is 10.0. The summed E-state index contributed by atoms with van der Waals surface area (Å²) in [6.07, 6.45) is 2.90. The molecular formula is C12H14N2O4. The van der Waals surface area contributed by atoms with Crippen LogP contribution in [-0.4, -0.2) is 17.4 Å². The second-order valence-corrected chi connectivity index (χ2v) is 4.80. The van der Waals surface area contributed by atoms with E-state index in [1.54, 1.807) is 0 Å². The summed E-state index contributed by atoms with van der Waals surface area (Å²) >= 11 is 0. The minimum atomic E-state index is -1.22. The quantitative estimate of drug-likeness (QED) is 0.723. The van der Waals surface area contributed by atoms with Crippen molar-refractivity contribution in [2.75, 3.05) is 5.32 Å². The monoisotopic (exact) mass is 250 g/mol. The van der Waals surface area contributed by atoms with E-state index in [1.807, 2.05) is 0 Å². The highest BCUT2D eigenvalue weighted by molar-refractivity contribution is 6.01. The molecule has 1 aliphatic carbocycles. The number of hydrogen-bond donors (Lipinski definition) is 3. The van der Waals surface area contributed by atoms with Crippen LogP contribution in [-0.2, 0) is 6.42 Å². The maximum atomic E-state index is 11.8. The van der Waals surface area contributed by atoms with Crippen molar-refractivity contribution in [3.63, 3.8) is 0 Å². The van der Waals surface area contributed by atoms with Crippen molar-refractivity contribution in [1.29, 1.82) is 0 Å². The van der Waals surface area contributed by atoms with Crippen molar-refractivity contribution in [2.45, 2.75) is 32.0 Å². The predicted octanol–water partition coefficient (Wildman–Crippen LogP) is 0.414. The van der Waals surface area contributed by atoms with Crippen molar-refractivity contribution in [2.24, 2.45) is 5.92 Å². The summed E-state index contributed by atoms with van der Waals surface area (Å²) in [7, 11) is 0. The molecule has 1 atom stereocenters. The van der Waals surface area contributed by atoms with Gasteiger partial charge in [0.15, 0.2) is 0 Å². The molecule has 1 aromatic rings. The van der Waals surface area contributed by atoms with E-state index in [1.165, 1.54) is 18.9 Å². The number of aryl methyl sites for hydroxylation is 1. The highest BCUT2D eigenvalue weighted by atomic mass is 16.4. The van der Waals surface area contributed by atoms with Crippen LogP contribution in [0.2, 0.25) is 0 Å². The smallest absolute Gasteiger partial charge is 0.337 e. The zero-order valence-electron chi connectivity index (χ0n) is 9.73. The molecule has 1 saturated carbocycles. The van der Waals surface area contributed by atoms with Gasteiger partial charge in [-0.15, -0.1) is 0 Å². The fraction of sp³-hybridized carbons (Fsp3) is 0.500. The summed E-state index contributed by atoms with van der Waals surface area (Å²) in [6.45, 7) is 0. The van der Waals surface area contributed by atoms with E-state index in [0.29, 0.717) is 17.5 Å². The van der Waals surface area contributed by atoms with Crippen LogP contribution in [0.25, 0.3) is 0 Å². The Morgan fingerprint density at radius 2 is 2.11 bits per heavy atom. The van der Waals surface area contributed by atoms with Crippen molar-refractivity contribution >= 4 is 11.8 Å². The molecule has 0 aromatic carbocycles. The third-order valence-corrected chi connectivity index (χ3v) is 3.32. The van der Waals surface area contributed by atoms with Crippen LogP contribution < -0.4 is 16.3 Å². The maximum absolute atomic E-state index is 11.8. The molecule has 0 spiro atoms. The molecular weight excluding hydrogens is 236 g/mol. The second kappa shape index (κ2) is 4.13. The number of rotatable bonds is 3. The second-order valence-electron chi connectivity index (χ2n) is 4.80. The molecule has 1 aromatic heterocycles. The van der Waals surface area contributed by atoms with Gasteiger partial charge in [-0.05, 0) is 24.3 Å². The molecule has 6 nitrogen and oxygen atoms in total. The van der Waals surface area contributed by atoms with Gasteiger partial charge in [0.2, 0.25) is 12.2 Å². The number of aliphatic hydroxyl groups excluding tert-OH is 1. The molecule has 1 unspecified atom stereocenters. The van der Waals surface area contributed by atoms with Gasteiger partial charge in [0.1, 0.15) is 5.56 Å². The SMILES string of the molecule is O=C1NC(O)Nc2oc(=O)cc(CCC3CC3)c21. The summed E-state index contributed by atoms with van der Waals surface area (Å²) in [5.41, 5.74) is 0.513. The van der Waals surface area contributed by atoms with Gasteiger partial charge in [0, 0.05) is 6.07 Å². The summed E-state index contributed by atoms with van der Waals surface area (Å²) in [5.74, 6) is 0.369. The van der Waals surface area contributed by atoms with E-state index >= 15 is 0 Å². The first-order valence-electron chi connectivity index (χ1n) is 6.06. The molecule has 0 radical (unpaired) electrons. The third-order valence-electron chi connectivity index (χ3n) is 3.32. The topological polar surface area (TPSA) is 91.6 Å². The summed E-state index contributed by atoms with van der Waals surface area (Å²) in [6, 6.07) is 1.36. The molecule has 0 saturated heterocycles. The average molecular weight is 250 g/mol. The lowest BCUT2D eigenvalue weighted by Crippen LogP contribution is -2.45. The van der Waals surface area contributed by atoms with Crippen LogP contribution in [0, 0.1) is 5.92 Å². The number of aliphatic hydroxyl groups is 1. The average Bonchev–Trinajstić information content (AvgIpc) is 3.07. The van der Waals surface area contributed by atoms with Gasteiger partial charge in [-0.25, -0.2) is 4.79 Å². The Morgan fingerprint density at radius 1 is 1.33 bits per heavy atom. The van der Waals surface area contributed by atoms with Crippen LogP contribution in [0.4, 0.5) is 5.88 Å². The Morgan fingerprint density at radius 3 is 2.83 bits per heavy atom. The van der Waals surface area contributed by atoms with Gasteiger partial charge in [-0.2, -0.15) is 0 Å². The van der Waals surface area contributed by atoms with Gasteiger partial charge >= 0.3 is 5.63 Å². The molecule has 1 fully saturated rings. The summed E-state index contributed by atoms with van der Waals surface area (Å²) < 4.78 is 4.92. The fourth-order valence-electron chi connectivity index (χ4n) is 2.21. The molecule has 1 aliphatic heterocycles. The van der Waals surface area contributed by atoms with Crippen LogP contribution in [0.1, 0.15) is 35.2 Å². The fourth-order valence-corrected chi connectivity index (χ4v) is 2.21. The number of anilines is 1. The highest BCUT2D eigenvalue weighted by Gasteiger charge is 2.29. The molecule has 18 heavy (non-hydrogen) atoms. The first-order chi connectivity index (χ1) is 8.63. The van der Waals surface area contributed by atoms with Gasteiger partial charge in [-0.1, -0.05) is 12.8 Å². The standard InChI is InChI=1S/C12H14N2O4/c15-8-5-7(4-3-6-1-2-6)9-10(16)13-12(17)14-11(9)18-8/h5-6,12,14,17H,1-4H2,(H,13,16). The molecule has 3 N–H and O–H groups in total. The Bertz CT molecular complexity index is 547. The van der Waals surface area contributed by atoms with Gasteiger partial charge in [-0.3, -0.25) is 4.79 Å². The minimum absolute atomic E-state index is 0.0598. The Labute approximate surface area is 103 Å². The zero-order valence-corrected chi connectivity index (χ0v) is 9.73. The van der Waals surface area contributed by atoms with Gasteiger partial charge in [0.05, 0.1) is 0 Å². The molecule has 0 bridgehead atoms. The molecule has 6 heteroatoms. The number of amides is 1. The molecule has 2 aliphatic rings. The van der Waals surface area contributed by atoms with Crippen LogP contribution in [0.5, 0.6) is 0 Å². The van der Waals surface area contributed by atoms with E-state index < -0.39 is 17.9 Å². The first kappa shape index (κ1) is 11.3. The normalized spacial score (nSPS) is 22.1.